The highest BCUT2D eigenvalue weighted by molar-refractivity contribution is 6.52. The van der Waals surface area contributed by atoms with Crippen LogP contribution in [0.25, 0.3) is 5.76 Å². The standard InChI is InChI=1S/C24H16Cl2FNO4/c1-32-19-9-5-3-7-15(19)22(29)20-21(14-6-2-4-8-18(14)27)28(24(31)23(20)30)13-10-11-16(25)17(26)12-13/h2-12,21,29H,1H3/b22-20+. The number of benzene rings is 3. The molecule has 3 aromatic carbocycles. The second-order valence-corrected chi connectivity index (χ2v) is 7.80. The molecule has 1 aliphatic heterocycles. The number of aliphatic hydroxyl groups is 1. The maximum atomic E-state index is 14.9. The van der Waals surface area contributed by atoms with E-state index in [1.165, 1.54) is 43.5 Å². The van der Waals surface area contributed by atoms with Crippen molar-refractivity contribution in [1.29, 1.82) is 0 Å². The topological polar surface area (TPSA) is 66.8 Å². The van der Waals surface area contributed by atoms with E-state index >= 15 is 0 Å². The minimum absolute atomic E-state index is 0.0363. The van der Waals surface area contributed by atoms with Gasteiger partial charge in [0.2, 0.25) is 0 Å². The van der Waals surface area contributed by atoms with E-state index in [-0.39, 0.29) is 38.2 Å². The fourth-order valence-corrected chi connectivity index (χ4v) is 4.00. The van der Waals surface area contributed by atoms with Gasteiger partial charge in [-0.15, -0.1) is 0 Å². The molecule has 1 heterocycles. The van der Waals surface area contributed by atoms with Crippen molar-refractivity contribution in [2.75, 3.05) is 12.0 Å². The number of rotatable bonds is 4. The van der Waals surface area contributed by atoms with E-state index < -0.39 is 29.3 Å². The van der Waals surface area contributed by atoms with Crippen molar-refractivity contribution in [2.45, 2.75) is 6.04 Å². The molecular weight excluding hydrogens is 456 g/mol. The highest BCUT2D eigenvalue weighted by Crippen LogP contribution is 2.44. The Hall–Kier alpha value is -3.35. The Labute approximate surface area is 193 Å². The maximum Gasteiger partial charge on any atom is 0.300 e. The largest absolute Gasteiger partial charge is 0.507 e. The Morgan fingerprint density at radius 1 is 1.00 bits per heavy atom. The van der Waals surface area contributed by atoms with Crippen LogP contribution in [-0.4, -0.2) is 23.9 Å². The Morgan fingerprint density at radius 2 is 1.69 bits per heavy atom. The lowest BCUT2D eigenvalue weighted by Gasteiger charge is -2.26. The zero-order valence-corrected chi connectivity index (χ0v) is 18.2. The van der Waals surface area contributed by atoms with Gasteiger partial charge in [0.25, 0.3) is 11.7 Å². The maximum absolute atomic E-state index is 14.9. The smallest absolute Gasteiger partial charge is 0.300 e. The first kappa shape index (κ1) is 21.9. The van der Waals surface area contributed by atoms with Crippen LogP contribution < -0.4 is 9.64 Å². The van der Waals surface area contributed by atoms with Crippen molar-refractivity contribution in [3.63, 3.8) is 0 Å². The Balaban J connectivity index is 2.01. The van der Waals surface area contributed by atoms with E-state index in [1.807, 2.05) is 0 Å². The van der Waals surface area contributed by atoms with Crippen LogP contribution in [0.5, 0.6) is 5.75 Å². The van der Waals surface area contributed by atoms with Crippen LogP contribution >= 0.6 is 23.2 Å². The number of ether oxygens (including phenoxy) is 1. The molecule has 162 valence electrons. The van der Waals surface area contributed by atoms with Gasteiger partial charge in [-0.2, -0.15) is 0 Å². The third kappa shape index (κ3) is 3.61. The summed E-state index contributed by atoms with van der Waals surface area (Å²) in [5, 5.41) is 11.5. The highest BCUT2D eigenvalue weighted by atomic mass is 35.5. The van der Waals surface area contributed by atoms with Crippen LogP contribution in [0, 0.1) is 5.82 Å². The minimum Gasteiger partial charge on any atom is -0.507 e. The number of Topliss-reactive ketones (excluding diaryl/α,β-unsaturated/α-hetero) is 1. The molecule has 0 radical (unpaired) electrons. The van der Waals surface area contributed by atoms with E-state index in [1.54, 1.807) is 30.3 Å². The number of para-hydroxylation sites is 1. The van der Waals surface area contributed by atoms with Crippen LogP contribution in [0.2, 0.25) is 10.0 Å². The van der Waals surface area contributed by atoms with Crippen LogP contribution in [0.3, 0.4) is 0 Å². The highest BCUT2D eigenvalue weighted by Gasteiger charge is 2.48. The van der Waals surface area contributed by atoms with E-state index in [2.05, 4.69) is 0 Å². The fraction of sp³-hybridized carbons (Fsp3) is 0.0833. The van der Waals surface area contributed by atoms with Gasteiger partial charge in [-0.25, -0.2) is 4.39 Å². The number of carbonyl (C=O) groups excluding carboxylic acids is 2. The van der Waals surface area contributed by atoms with E-state index in [0.717, 1.165) is 4.90 Å². The molecule has 1 atom stereocenters. The van der Waals surface area contributed by atoms with Gasteiger partial charge >= 0.3 is 0 Å². The average Bonchev–Trinajstić information content (AvgIpc) is 3.06. The molecule has 0 aliphatic carbocycles. The average molecular weight is 472 g/mol. The molecule has 0 aromatic heterocycles. The molecule has 1 unspecified atom stereocenters. The molecule has 3 aromatic rings. The summed E-state index contributed by atoms with van der Waals surface area (Å²) < 4.78 is 20.2. The Kier molecular flexibility index (Phi) is 5.91. The lowest BCUT2D eigenvalue weighted by atomic mass is 9.94. The minimum atomic E-state index is -1.24. The summed E-state index contributed by atoms with van der Waals surface area (Å²) in [6.07, 6.45) is 0. The lowest BCUT2D eigenvalue weighted by molar-refractivity contribution is -0.132. The van der Waals surface area contributed by atoms with Crippen LogP contribution in [0.15, 0.2) is 72.3 Å². The van der Waals surface area contributed by atoms with E-state index in [0.29, 0.717) is 0 Å². The SMILES string of the molecule is COc1ccccc1/C(O)=C1\C(=O)C(=O)N(c2ccc(Cl)c(Cl)c2)C1c1ccccc1F. The molecule has 1 amide bonds. The van der Waals surface area contributed by atoms with Crippen molar-refractivity contribution >= 4 is 46.3 Å². The molecule has 8 heteroatoms. The first-order valence-electron chi connectivity index (χ1n) is 9.49. The number of halogens is 3. The molecule has 32 heavy (non-hydrogen) atoms. The Morgan fingerprint density at radius 3 is 2.38 bits per heavy atom. The Bertz CT molecular complexity index is 1270. The third-order valence-corrected chi connectivity index (χ3v) is 5.93. The van der Waals surface area contributed by atoms with Crippen molar-refractivity contribution in [3.8, 4) is 5.75 Å². The summed E-state index contributed by atoms with van der Waals surface area (Å²) in [4.78, 5) is 27.3. The molecule has 1 N–H and O–H groups in total. The van der Waals surface area contributed by atoms with Crippen LogP contribution in [-0.2, 0) is 9.59 Å². The second kappa shape index (κ2) is 8.65. The molecule has 4 rings (SSSR count). The molecule has 1 aliphatic rings. The van der Waals surface area contributed by atoms with Gasteiger partial charge < -0.3 is 9.84 Å². The molecule has 1 saturated heterocycles. The van der Waals surface area contributed by atoms with E-state index in [9.17, 15) is 19.1 Å². The zero-order valence-electron chi connectivity index (χ0n) is 16.7. The van der Waals surface area contributed by atoms with Gasteiger partial charge in [-0.1, -0.05) is 53.5 Å². The third-order valence-electron chi connectivity index (χ3n) is 5.19. The van der Waals surface area contributed by atoms with E-state index in [4.69, 9.17) is 27.9 Å². The predicted molar refractivity (Wildman–Crippen MR) is 121 cm³/mol. The quantitative estimate of drug-likeness (QED) is 0.298. The summed E-state index contributed by atoms with van der Waals surface area (Å²) in [6.45, 7) is 0. The van der Waals surface area contributed by atoms with Crippen molar-refractivity contribution in [1.82, 2.24) is 0 Å². The summed E-state index contributed by atoms with van der Waals surface area (Å²) in [5.41, 5.74) is 0.196. The summed E-state index contributed by atoms with van der Waals surface area (Å²) >= 11 is 12.1. The van der Waals surface area contributed by atoms with Crippen molar-refractivity contribution in [2.24, 2.45) is 0 Å². The number of carbonyl (C=O) groups is 2. The number of amides is 1. The van der Waals surface area contributed by atoms with Crippen molar-refractivity contribution in [3.05, 3.63) is 99.3 Å². The monoisotopic (exact) mass is 471 g/mol. The number of hydrogen-bond donors (Lipinski definition) is 1. The molecule has 0 bridgehead atoms. The van der Waals surface area contributed by atoms with Gasteiger partial charge in [0.1, 0.15) is 17.3 Å². The number of aliphatic hydroxyl groups excluding tert-OH is 1. The molecule has 0 spiro atoms. The van der Waals surface area contributed by atoms with Gasteiger partial charge in [-0.3, -0.25) is 14.5 Å². The van der Waals surface area contributed by atoms with Gasteiger partial charge in [0.15, 0.2) is 0 Å². The molecular formula is C24H16Cl2FNO4. The number of hydrogen-bond acceptors (Lipinski definition) is 4. The second-order valence-electron chi connectivity index (χ2n) is 6.99. The van der Waals surface area contributed by atoms with Crippen LogP contribution in [0.4, 0.5) is 10.1 Å². The predicted octanol–water partition coefficient (Wildman–Crippen LogP) is 5.77. The number of ketones is 1. The molecule has 1 fully saturated rings. The fourth-order valence-electron chi connectivity index (χ4n) is 3.71. The summed E-state index contributed by atoms with van der Waals surface area (Å²) in [7, 11) is 1.41. The summed E-state index contributed by atoms with van der Waals surface area (Å²) in [5.74, 6) is -2.73. The molecule has 0 saturated carbocycles. The number of nitrogens with zero attached hydrogens (tertiary/aromatic N) is 1. The first-order chi connectivity index (χ1) is 15.3. The van der Waals surface area contributed by atoms with Gasteiger partial charge in [0, 0.05) is 11.3 Å². The summed E-state index contributed by atoms with van der Waals surface area (Å²) in [6, 6.07) is 15.3. The molecule has 5 nitrogen and oxygen atoms in total. The lowest BCUT2D eigenvalue weighted by Crippen LogP contribution is -2.29. The zero-order chi connectivity index (χ0) is 23.0. The van der Waals surface area contributed by atoms with Crippen molar-refractivity contribution < 1.29 is 23.8 Å². The normalized spacial score (nSPS) is 17.6. The van der Waals surface area contributed by atoms with Gasteiger partial charge in [0.05, 0.1) is 34.3 Å². The number of anilines is 1. The van der Waals surface area contributed by atoms with Crippen LogP contribution in [0.1, 0.15) is 17.2 Å². The number of methoxy groups -OCH3 is 1. The van der Waals surface area contributed by atoms with Gasteiger partial charge in [-0.05, 0) is 36.4 Å². The first-order valence-corrected chi connectivity index (χ1v) is 10.2.